The summed E-state index contributed by atoms with van der Waals surface area (Å²) < 4.78 is 10.9. The molecule has 2 aromatic rings. The Hall–Kier alpha value is -1.80. The van der Waals surface area contributed by atoms with E-state index in [4.69, 9.17) is 9.47 Å². The van der Waals surface area contributed by atoms with Gasteiger partial charge in [-0.2, -0.15) is 0 Å². The van der Waals surface area contributed by atoms with E-state index < -0.39 is 5.97 Å². The molecule has 0 aliphatic heterocycles. The summed E-state index contributed by atoms with van der Waals surface area (Å²) in [5.74, 6) is -1.58. The molecule has 2 aromatic carbocycles. The minimum absolute atomic E-state index is 0. The van der Waals surface area contributed by atoms with E-state index in [1.807, 2.05) is 0 Å². The van der Waals surface area contributed by atoms with Crippen molar-refractivity contribution in [1.82, 2.24) is 0 Å². The van der Waals surface area contributed by atoms with Crippen LogP contribution in [0.5, 0.6) is 11.5 Å². The van der Waals surface area contributed by atoms with Gasteiger partial charge in [0.2, 0.25) is 5.78 Å². The number of carboxylic acids is 1. The van der Waals surface area contributed by atoms with Gasteiger partial charge in [-0.3, -0.25) is 4.79 Å². The van der Waals surface area contributed by atoms with Crippen molar-refractivity contribution in [3.8, 4) is 11.5 Å². The third-order valence-corrected chi connectivity index (χ3v) is 4.48. The number of hydrogen-bond acceptors (Lipinski definition) is 6. The Morgan fingerprint density at radius 1 is 0.938 bits per heavy atom. The van der Waals surface area contributed by atoms with Gasteiger partial charge in [0.25, 0.3) is 0 Å². The molecule has 0 atom stereocenters. The van der Waals surface area contributed by atoms with Crippen LogP contribution in [0.4, 0.5) is 0 Å². The zero-order chi connectivity index (χ0) is 21.7. The largest absolute Gasteiger partial charge is 1.00 e. The summed E-state index contributed by atoms with van der Waals surface area (Å²) in [5.41, 5.74) is 2.01. The van der Waals surface area contributed by atoms with Gasteiger partial charge in [0.1, 0.15) is 5.75 Å². The first-order valence-electron chi connectivity index (χ1n) is 9.52. The van der Waals surface area contributed by atoms with E-state index in [9.17, 15) is 19.8 Å². The molecule has 6 nitrogen and oxygen atoms in total. The summed E-state index contributed by atoms with van der Waals surface area (Å²) >= 11 is 0. The molecule has 32 heavy (non-hydrogen) atoms. The second-order valence-corrected chi connectivity index (χ2v) is 6.40. The number of ketones is 1. The first kappa shape index (κ1) is 28.2. The van der Waals surface area contributed by atoms with Crippen molar-refractivity contribution in [3.63, 3.8) is 0 Å². The second kappa shape index (κ2) is 13.0. The Bertz CT molecular complexity index is 1090. The van der Waals surface area contributed by atoms with E-state index in [0.717, 1.165) is 0 Å². The van der Waals surface area contributed by atoms with Crippen LogP contribution in [-0.2, 0) is 9.53 Å². The van der Waals surface area contributed by atoms with E-state index in [-0.39, 0.29) is 87.7 Å². The van der Waals surface area contributed by atoms with Crippen LogP contribution in [-0.4, -0.2) is 25.0 Å². The fourth-order valence-electron chi connectivity index (χ4n) is 3.22. The fourth-order valence-corrected chi connectivity index (χ4v) is 3.22. The van der Waals surface area contributed by atoms with E-state index >= 15 is 0 Å². The molecule has 0 aromatic heterocycles. The average molecular weight is 450 g/mol. The molecule has 0 unspecified atom stereocenters. The fraction of sp³-hybridized carbons (Fsp3) is 0.167. The van der Waals surface area contributed by atoms with Crippen LogP contribution in [0.1, 0.15) is 35.3 Å². The Balaban J connectivity index is 0.00000256. The van der Waals surface area contributed by atoms with Crippen molar-refractivity contribution in [2.24, 2.45) is 0 Å². The number of carboxylic acid groups (broad SMARTS) is 1. The van der Waals surface area contributed by atoms with Gasteiger partial charge in [0, 0.05) is 5.56 Å². The van der Waals surface area contributed by atoms with E-state index in [1.54, 1.807) is 56.3 Å². The molecule has 8 heteroatoms. The zero-order valence-corrected chi connectivity index (χ0v) is 22.6. The topological polar surface area (TPSA) is 98.7 Å². The number of aromatic carboxylic acids is 1. The van der Waals surface area contributed by atoms with Gasteiger partial charge in [-0.25, -0.2) is 0 Å². The molecule has 0 saturated heterocycles. The van der Waals surface area contributed by atoms with Gasteiger partial charge < -0.3 is 24.5 Å². The molecule has 0 heterocycles. The van der Waals surface area contributed by atoms with Crippen LogP contribution in [0, 0.1) is 0 Å². The maximum absolute atomic E-state index is 12.1. The van der Waals surface area contributed by atoms with Crippen LogP contribution < -0.4 is 74.1 Å². The summed E-state index contributed by atoms with van der Waals surface area (Å²) in [7, 11) is 0. The number of carbonyl (C=O) groups is 2. The molecule has 0 amide bonds. The van der Waals surface area contributed by atoms with Crippen molar-refractivity contribution in [3.05, 3.63) is 88.7 Å². The maximum atomic E-state index is 12.1. The summed E-state index contributed by atoms with van der Waals surface area (Å²) in [6.45, 7) is 4.15. The van der Waals surface area contributed by atoms with E-state index in [0.29, 0.717) is 35.5 Å². The van der Waals surface area contributed by atoms with Crippen LogP contribution in [0.2, 0.25) is 0 Å². The molecule has 0 N–H and O–H groups in total. The third-order valence-electron chi connectivity index (χ3n) is 4.48. The van der Waals surface area contributed by atoms with Gasteiger partial charge in [0.05, 0.1) is 19.2 Å². The number of benzene rings is 2. The van der Waals surface area contributed by atoms with Gasteiger partial charge in [-0.05, 0) is 54.3 Å². The molecule has 0 radical (unpaired) electrons. The number of carbonyl (C=O) groups excluding carboxylic acids is 2. The van der Waals surface area contributed by atoms with Crippen molar-refractivity contribution >= 4 is 17.3 Å². The van der Waals surface area contributed by atoms with Gasteiger partial charge in [-0.1, -0.05) is 48.2 Å². The second-order valence-electron chi connectivity index (χ2n) is 6.40. The summed E-state index contributed by atoms with van der Waals surface area (Å²) in [6, 6.07) is 10.9. The van der Waals surface area contributed by atoms with E-state index in [1.165, 1.54) is 18.2 Å². The van der Waals surface area contributed by atoms with Crippen molar-refractivity contribution in [2.45, 2.75) is 13.8 Å². The number of hydrogen-bond donors (Lipinski definition) is 0. The Labute approximate surface area is 231 Å². The predicted molar refractivity (Wildman–Crippen MR) is 108 cm³/mol. The molecule has 0 saturated carbocycles. The molecule has 3 rings (SSSR count). The summed E-state index contributed by atoms with van der Waals surface area (Å²) in [5, 5.41) is 23.9. The Morgan fingerprint density at radius 2 is 1.59 bits per heavy atom. The number of ether oxygens (including phenoxy) is 2. The molecule has 1 aliphatic carbocycles. The number of allylic oxidation sites excluding steroid dienone is 4. The first-order chi connectivity index (χ1) is 14.5. The van der Waals surface area contributed by atoms with Crippen molar-refractivity contribution in [2.75, 3.05) is 13.2 Å². The van der Waals surface area contributed by atoms with Crippen LogP contribution in [0.15, 0.2) is 72.0 Å². The minimum atomic E-state index is -1.33. The van der Waals surface area contributed by atoms with Gasteiger partial charge in [-0.15, -0.1) is 0 Å². The normalized spacial score (nSPS) is 13.9. The summed E-state index contributed by atoms with van der Waals surface area (Å²) in [6.07, 6.45) is 4.53. The molecule has 0 spiro atoms. The van der Waals surface area contributed by atoms with Crippen LogP contribution in [0.25, 0.3) is 5.57 Å². The summed E-state index contributed by atoms with van der Waals surface area (Å²) in [4.78, 5) is 23.9. The number of rotatable bonds is 7. The molecule has 0 fully saturated rings. The van der Waals surface area contributed by atoms with Gasteiger partial charge in [0.15, 0.2) is 5.76 Å². The molecule has 0 bridgehead atoms. The zero-order valence-electron chi connectivity index (χ0n) is 18.6. The smallest absolute Gasteiger partial charge is 0.870 e. The van der Waals surface area contributed by atoms with E-state index in [2.05, 4.69) is 0 Å². The van der Waals surface area contributed by atoms with Crippen molar-refractivity contribution < 1.29 is 88.4 Å². The Kier molecular flexibility index (Phi) is 11.5. The average Bonchev–Trinajstić information content (AvgIpc) is 2.73. The standard InChI is InChI=1S/C24H22O6.2Na/c1-3-29-21-13-15(9-11-19(21)25)23(17-7-5-6-8-18(17)24(27)28)16-10-12-20(26)22(14-16)30-4-2;;/h5-14,25H,3-4H2,1-2H3,(H,27,28);;/q;2*+1/p-2/b23-16-;;. The SMILES string of the molecule is CCOC1=C/C(=C(/c2ccc([O-])c(OCC)c2)c2ccccc2C(=O)[O-])C=CC1=O.[Na+].[Na+]. The van der Waals surface area contributed by atoms with Crippen LogP contribution in [0.3, 0.4) is 0 Å². The van der Waals surface area contributed by atoms with Gasteiger partial charge >= 0.3 is 59.1 Å². The molecular formula is C24H20Na2O6. The third kappa shape index (κ3) is 6.38. The van der Waals surface area contributed by atoms with Crippen molar-refractivity contribution in [1.29, 1.82) is 0 Å². The Morgan fingerprint density at radius 3 is 2.22 bits per heavy atom. The molecule has 154 valence electrons. The predicted octanol–water partition coefficient (Wildman–Crippen LogP) is -3.61. The van der Waals surface area contributed by atoms with Crippen LogP contribution >= 0.6 is 0 Å². The first-order valence-corrected chi connectivity index (χ1v) is 9.52. The maximum Gasteiger partial charge on any atom is 1.00 e. The molecular weight excluding hydrogens is 430 g/mol. The minimum Gasteiger partial charge on any atom is -0.870 e. The monoisotopic (exact) mass is 450 g/mol. The molecule has 1 aliphatic rings. The quantitative estimate of drug-likeness (QED) is 0.404.